The minimum Gasteiger partial charge on any atom is -0.384 e. The molecule has 0 spiro atoms. The molecule has 2 aromatic rings. The molecule has 0 aromatic carbocycles. The van der Waals surface area contributed by atoms with Crippen LogP contribution in [0.4, 0.5) is 5.82 Å². The van der Waals surface area contributed by atoms with E-state index in [0.29, 0.717) is 17.9 Å². The maximum atomic E-state index is 12.0. The summed E-state index contributed by atoms with van der Waals surface area (Å²) >= 11 is 1.51. The zero-order valence-corrected chi connectivity index (χ0v) is 11.7. The second-order valence-corrected chi connectivity index (χ2v) is 5.45. The highest BCUT2D eigenvalue weighted by Gasteiger charge is 2.11. The summed E-state index contributed by atoms with van der Waals surface area (Å²) in [5.41, 5.74) is 7.08. The van der Waals surface area contributed by atoms with Crippen molar-refractivity contribution >= 4 is 23.1 Å². The van der Waals surface area contributed by atoms with E-state index >= 15 is 0 Å². The lowest BCUT2D eigenvalue weighted by Crippen LogP contribution is -2.23. The number of amides is 1. The van der Waals surface area contributed by atoms with Crippen molar-refractivity contribution in [3.8, 4) is 0 Å². The molecule has 0 fully saturated rings. The van der Waals surface area contributed by atoms with Crippen LogP contribution in [0.5, 0.6) is 0 Å². The van der Waals surface area contributed by atoms with Gasteiger partial charge in [0, 0.05) is 22.8 Å². The third-order valence-corrected chi connectivity index (χ3v) is 3.38. The third-order valence-electron chi connectivity index (χ3n) is 2.60. The van der Waals surface area contributed by atoms with E-state index in [-0.39, 0.29) is 11.8 Å². The second-order valence-electron chi connectivity index (χ2n) is 4.47. The smallest absolute Gasteiger partial charge is 0.251 e. The van der Waals surface area contributed by atoms with Crippen LogP contribution in [-0.2, 0) is 6.54 Å². The predicted octanol–water partition coefficient (Wildman–Crippen LogP) is 2.17. The van der Waals surface area contributed by atoms with E-state index in [4.69, 9.17) is 5.73 Å². The number of anilines is 1. The van der Waals surface area contributed by atoms with E-state index in [2.05, 4.69) is 15.3 Å². The standard InChI is InChI=1S/C13H16N4OS/c1-8(2)10-5-9(6-11(14)17-10)13(18)16-7-12-15-3-4-19-12/h3-6,8H,7H2,1-2H3,(H2,14,17)(H,16,18). The van der Waals surface area contributed by atoms with E-state index in [9.17, 15) is 4.79 Å². The van der Waals surface area contributed by atoms with Gasteiger partial charge in [-0.3, -0.25) is 4.79 Å². The number of pyridine rings is 1. The Morgan fingerprint density at radius 2 is 2.26 bits per heavy atom. The summed E-state index contributed by atoms with van der Waals surface area (Å²) < 4.78 is 0. The quantitative estimate of drug-likeness (QED) is 0.896. The van der Waals surface area contributed by atoms with Crippen molar-refractivity contribution in [2.24, 2.45) is 0 Å². The highest BCUT2D eigenvalue weighted by atomic mass is 32.1. The Hall–Kier alpha value is -1.95. The minimum atomic E-state index is -0.161. The third kappa shape index (κ3) is 3.51. The van der Waals surface area contributed by atoms with Crippen molar-refractivity contribution in [3.63, 3.8) is 0 Å². The molecule has 3 N–H and O–H groups in total. The molecule has 5 nitrogen and oxygen atoms in total. The maximum absolute atomic E-state index is 12.0. The first-order chi connectivity index (χ1) is 9.06. The fourth-order valence-electron chi connectivity index (χ4n) is 1.60. The average Bonchev–Trinajstić information content (AvgIpc) is 2.88. The molecule has 0 saturated heterocycles. The summed E-state index contributed by atoms with van der Waals surface area (Å²) in [5, 5.41) is 5.57. The monoisotopic (exact) mass is 276 g/mol. The molecule has 2 aromatic heterocycles. The molecule has 19 heavy (non-hydrogen) atoms. The van der Waals surface area contributed by atoms with Gasteiger partial charge < -0.3 is 11.1 Å². The number of nitrogens with two attached hydrogens (primary N) is 1. The zero-order valence-electron chi connectivity index (χ0n) is 10.9. The maximum Gasteiger partial charge on any atom is 0.251 e. The van der Waals surface area contributed by atoms with Gasteiger partial charge in [0.15, 0.2) is 0 Å². The summed E-state index contributed by atoms with van der Waals surface area (Å²) in [5.74, 6) is 0.436. The molecule has 2 rings (SSSR count). The molecule has 100 valence electrons. The van der Waals surface area contributed by atoms with Gasteiger partial charge >= 0.3 is 0 Å². The SMILES string of the molecule is CC(C)c1cc(C(=O)NCc2nccs2)cc(N)n1. The Balaban J connectivity index is 2.10. The zero-order chi connectivity index (χ0) is 13.8. The van der Waals surface area contributed by atoms with Gasteiger partial charge in [-0.15, -0.1) is 11.3 Å². The predicted molar refractivity (Wildman–Crippen MR) is 76.0 cm³/mol. The van der Waals surface area contributed by atoms with Gasteiger partial charge in [-0.25, -0.2) is 9.97 Å². The van der Waals surface area contributed by atoms with Crippen molar-refractivity contribution < 1.29 is 4.79 Å². The fourth-order valence-corrected chi connectivity index (χ4v) is 2.16. The largest absolute Gasteiger partial charge is 0.384 e. The molecule has 0 aliphatic carbocycles. The lowest BCUT2D eigenvalue weighted by Gasteiger charge is -2.09. The molecule has 0 radical (unpaired) electrons. The van der Waals surface area contributed by atoms with Crippen molar-refractivity contribution in [3.05, 3.63) is 40.0 Å². The summed E-state index contributed by atoms with van der Waals surface area (Å²) in [7, 11) is 0. The van der Waals surface area contributed by atoms with Gasteiger partial charge in [0.05, 0.1) is 6.54 Å². The average molecular weight is 276 g/mol. The number of nitrogens with one attached hydrogen (secondary N) is 1. The van der Waals surface area contributed by atoms with Crippen LogP contribution < -0.4 is 11.1 Å². The Bertz CT molecular complexity index is 566. The molecule has 0 aliphatic heterocycles. The number of carbonyl (C=O) groups excluding carboxylic acids is 1. The molecular formula is C13H16N4OS. The van der Waals surface area contributed by atoms with E-state index in [0.717, 1.165) is 10.7 Å². The minimum absolute atomic E-state index is 0.161. The van der Waals surface area contributed by atoms with Gasteiger partial charge in [0.25, 0.3) is 5.91 Å². The summed E-state index contributed by atoms with van der Waals surface area (Å²) in [6.07, 6.45) is 1.72. The number of nitrogens with zero attached hydrogens (tertiary/aromatic N) is 2. The normalized spacial score (nSPS) is 10.7. The van der Waals surface area contributed by atoms with Crippen LogP contribution >= 0.6 is 11.3 Å². The first-order valence-electron chi connectivity index (χ1n) is 6.00. The summed E-state index contributed by atoms with van der Waals surface area (Å²) in [6.45, 7) is 4.45. The van der Waals surface area contributed by atoms with Crippen LogP contribution in [0.25, 0.3) is 0 Å². The topological polar surface area (TPSA) is 80.9 Å². The van der Waals surface area contributed by atoms with Crippen LogP contribution in [0.15, 0.2) is 23.7 Å². The molecule has 2 heterocycles. The summed E-state index contributed by atoms with van der Waals surface area (Å²) in [6, 6.07) is 3.36. The molecule has 0 saturated carbocycles. The Kier molecular flexibility index (Phi) is 4.11. The van der Waals surface area contributed by atoms with Crippen LogP contribution in [0, 0.1) is 0 Å². The first kappa shape index (κ1) is 13.5. The number of aromatic nitrogens is 2. The van der Waals surface area contributed by atoms with Crippen molar-refractivity contribution in [1.29, 1.82) is 0 Å². The molecular weight excluding hydrogens is 260 g/mol. The van der Waals surface area contributed by atoms with Gasteiger partial charge in [-0.05, 0) is 18.1 Å². The lowest BCUT2D eigenvalue weighted by atomic mass is 10.1. The van der Waals surface area contributed by atoms with Gasteiger partial charge in [0.2, 0.25) is 0 Å². The second kappa shape index (κ2) is 5.79. The van der Waals surface area contributed by atoms with E-state index in [1.807, 2.05) is 19.2 Å². The molecule has 6 heteroatoms. The number of carbonyl (C=O) groups is 1. The Morgan fingerprint density at radius 1 is 1.47 bits per heavy atom. The highest BCUT2D eigenvalue weighted by molar-refractivity contribution is 7.09. The first-order valence-corrected chi connectivity index (χ1v) is 6.88. The lowest BCUT2D eigenvalue weighted by molar-refractivity contribution is 0.0950. The van der Waals surface area contributed by atoms with Gasteiger partial charge in [-0.1, -0.05) is 13.8 Å². The molecule has 0 bridgehead atoms. The summed E-state index contributed by atoms with van der Waals surface area (Å²) in [4.78, 5) is 20.4. The molecule has 0 atom stereocenters. The number of hydrogen-bond acceptors (Lipinski definition) is 5. The van der Waals surface area contributed by atoms with Gasteiger partial charge in [0.1, 0.15) is 10.8 Å². The van der Waals surface area contributed by atoms with Crippen molar-refractivity contribution in [1.82, 2.24) is 15.3 Å². The van der Waals surface area contributed by atoms with Crippen molar-refractivity contribution in [2.75, 3.05) is 5.73 Å². The Labute approximate surface area is 115 Å². The van der Waals surface area contributed by atoms with E-state index < -0.39 is 0 Å². The van der Waals surface area contributed by atoms with E-state index in [1.165, 1.54) is 11.3 Å². The fraction of sp³-hybridized carbons (Fsp3) is 0.308. The number of rotatable bonds is 4. The van der Waals surface area contributed by atoms with Gasteiger partial charge in [-0.2, -0.15) is 0 Å². The van der Waals surface area contributed by atoms with Crippen molar-refractivity contribution in [2.45, 2.75) is 26.3 Å². The van der Waals surface area contributed by atoms with Crippen LogP contribution in [0.2, 0.25) is 0 Å². The molecule has 0 unspecified atom stereocenters. The molecule has 0 aliphatic rings. The van der Waals surface area contributed by atoms with Crippen LogP contribution in [0.1, 0.15) is 40.8 Å². The number of nitrogen functional groups attached to an aromatic ring is 1. The molecule has 1 amide bonds. The highest BCUT2D eigenvalue weighted by Crippen LogP contribution is 2.16. The Morgan fingerprint density at radius 3 is 2.89 bits per heavy atom. The van der Waals surface area contributed by atoms with E-state index in [1.54, 1.807) is 18.3 Å². The number of thiazole rings is 1. The number of hydrogen-bond donors (Lipinski definition) is 2. The van der Waals surface area contributed by atoms with Crippen LogP contribution in [-0.4, -0.2) is 15.9 Å². The van der Waals surface area contributed by atoms with Crippen LogP contribution in [0.3, 0.4) is 0 Å².